The highest BCUT2D eigenvalue weighted by molar-refractivity contribution is 6.10. The molecule has 5 aromatic rings. The molecule has 0 radical (unpaired) electrons. The first-order valence-corrected chi connectivity index (χ1v) is 10.5. The molecule has 0 spiro atoms. The Morgan fingerprint density at radius 3 is 2.51 bits per heavy atom. The van der Waals surface area contributed by atoms with E-state index in [1.807, 2.05) is 11.6 Å². The van der Waals surface area contributed by atoms with E-state index in [1.54, 1.807) is 54.3 Å². The summed E-state index contributed by atoms with van der Waals surface area (Å²) >= 11 is 0. The number of aromatic nitrogens is 5. The summed E-state index contributed by atoms with van der Waals surface area (Å²) in [5.41, 5.74) is 9.76. The van der Waals surface area contributed by atoms with E-state index in [4.69, 9.17) is 10.5 Å². The highest BCUT2D eigenvalue weighted by Gasteiger charge is 2.24. The Morgan fingerprint density at radius 1 is 1.09 bits per heavy atom. The molecule has 5 rings (SSSR count). The van der Waals surface area contributed by atoms with Gasteiger partial charge in [-0.1, -0.05) is 0 Å². The molecule has 0 saturated heterocycles. The van der Waals surface area contributed by atoms with Gasteiger partial charge in [0.15, 0.2) is 6.29 Å². The Labute approximate surface area is 198 Å². The maximum atomic E-state index is 12.2. The lowest BCUT2D eigenvalue weighted by Gasteiger charge is -2.12. The number of aldehydes is 1. The van der Waals surface area contributed by atoms with Crippen molar-refractivity contribution < 1.29 is 14.5 Å². The van der Waals surface area contributed by atoms with Crippen molar-refractivity contribution in [3.8, 4) is 34.0 Å². The van der Waals surface area contributed by atoms with Crippen LogP contribution in [-0.2, 0) is 14.1 Å². The van der Waals surface area contributed by atoms with Crippen molar-refractivity contribution in [3.05, 3.63) is 76.7 Å². The minimum Gasteiger partial charge on any atom is -0.438 e. The van der Waals surface area contributed by atoms with Gasteiger partial charge in [-0.3, -0.25) is 19.6 Å². The molecule has 0 aliphatic rings. The number of hydrogen-bond acceptors (Lipinski definition) is 8. The highest BCUT2D eigenvalue weighted by Crippen LogP contribution is 2.43. The highest BCUT2D eigenvalue weighted by atomic mass is 16.6. The predicted molar refractivity (Wildman–Crippen MR) is 129 cm³/mol. The maximum Gasteiger partial charge on any atom is 0.269 e. The molecule has 0 aliphatic carbocycles. The number of nitrogens with zero attached hydrogens (tertiary/aromatic N) is 6. The van der Waals surface area contributed by atoms with E-state index in [2.05, 4.69) is 15.1 Å². The molecule has 0 saturated carbocycles. The molecule has 2 aromatic carbocycles. The molecule has 0 amide bonds. The molecule has 0 unspecified atom stereocenters. The first-order chi connectivity index (χ1) is 16.9. The first kappa shape index (κ1) is 21.8. The summed E-state index contributed by atoms with van der Waals surface area (Å²) in [6, 6.07) is 13.0. The van der Waals surface area contributed by atoms with Crippen LogP contribution in [0.4, 0.5) is 11.5 Å². The number of nitro benzene ring substituents is 1. The molecule has 35 heavy (non-hydrogen) atoms. The van der Waals surface area contributed by atoms with Crippen molar-refractivity contribution in [2.75, 3.05) is 5.73 Å². The lowest BCUT2D eigenvalue weighted by Crippen LogP contribution is -1.96. The van der Waals surface area contributed by atoms with Crippen molar-refractivity contribution >= 4 is 28.8 Å². The largest absolute Gasteiger partial charge is 0.438 e. The molecule has 0 fully saturated rings. The third kappa shape index (κ3) is 3.74. The summed E-state index contributed by atoms with van der Waals surface area (Å²) in [6.45, 7) is 0. The topological polar surface area (TPSA) is 144 Å². The average molecular weight is 469 g/mol. The zero-order valence-electron chi connectivity index (χ0n) is 18.7. The number of carbonyl (C=O) groups is 1. The fraction of sp³-hybridized carbons (Fsp3) is 0.0833. The number of aryl methyl sites for hydroxylation is 2. The molecular formula is C24H19N7O4. The number of ether oxygens (including phenoxy) is 1. The van der Waals surface area contributed by atoms with Crippen molar-refractivity contribution in [2.45, 2.75) is 0 Å². The summed E-state index contributed by atoms with van der Waals surface area (Å²) in [5, 5.41) is 15.9. The molecule has 0 aliphatic heterocycles. The zero-order valence-corrected chi connectivity index (χ0v) is 18.7. The maximum absolute atomic E-state index is 12.2. The van der Waals surface area contributed by atoms with Gasteiger partial charge < -0.3 is 15.0 Å². The fourth-order valence-electron chi connectivity index (χ4n) is 4.12. The first-order valence-electron chi connectivity index (χ1n) is 10.5. The summed E-state index contributed by atoms with van der Waals surface area (Å²) in [7, 11) is 3.59. The molecule has 0 bridgehead atoms. The molecule has 3 aromatic heterocycles. The number of carbonyl (C=O) groups excluding carboxylic acids is 1. The summed E-state index contributed by atoms with van der Waals surface area (Å²) < 4.78 is 9.23. The van der Waals surface area contributed by atoms with Crippen molar-refractivity contribution in [1.29, 1.82) is 0 Å². The number of nitro groups is 1. The van der Waals surface area contributed by atoms with Crippen LogP contribution >= 0.6 is 0 Å². The van der Waals surface area contributed by atoms with Gasteiger partial charge in [-0.25, -0.2) is 9.97 Å². The molecule has 3 heterocycles. The van der Waals surface area contributed by atoms with Crippen LogP contribution in [0, 0.1) is 10.1 Å². The third-order valence-electron chi connectivity index (χ3n) is 5.68. The van der Waals surface area contributed by atoms with Crippen molar-refractivity contribution in [3.63, 3.8) is 0 Å². The number of fused-ring (bicyclic) bond motifs is 1. The Hall–Kier alpha value is -5.06. The lowest BCUT2D eigenvalue weighted by atomic mass is 9.95. The van der Waals surface area contributed by atoms with Crippen molar-refractivity contribution in [2.24, 2.45) is 14.1 Å². The summed E-state index contributed by atoms with van der Waals surface area (Å²) in [5.74, 6) is 1.08. The Balaban J connectivity index is 1.73. The lowest BCUT2D eigenvalue weighted by molar-refractivity contribution is -0.384. The summed E-state index contributed by atoms with van der Waals surface area (Å²) in [4.78, 5) is 31.4. The molecule has 2 N–H and O–H groups in total. The van der Waals surface area contributed by atoms with Crippen LogP contribution in [0.25, 0.3) is 33.4 Å². The van der Waals surface area contributed by atoms with Crippen LogP contribution in [0.5, 0.6) is 11.6 Å². The Kier molecular flexibility index (Phi) is 5.21. The van der Waals surface area contributed by atoms with Gasteiger partial charge in [0, 0.05) is 49.6 Å². The van der Waals surface area contributed by atoms with Crippen LogP contribution in [0.2, 0.25) is 0 Å². The quantitative estimate of drug-likeness (QED) is 0.222. The molecule has 174 valence electrons. The fourth-order valence-corrected chi connectivity index (χ4v) is 4.12. The number of non-ortho nitro benzene ring substituents is 1. The minimum absolute atomic E-state index is 0.0297. The monoisotopic (exact) mass is 469 g/mol. The van der Waals surface area contributed by atoms with E-state index in [9.17, 15) is 14.9 Å². The van der Waals surface area contributed by atoms with Gasteiger partial charge in [0.1, 0.15) is 23.5 Å². The number of anilines is 1. The van der Waals surface area contributed by atoms with Gasteiger partial charge in [0.05, 0.1) is 16.0 Å². The number of hydrogen-bond donors (Lipinski definition) is 1. The zero-order chi connectivity index (χ0) is 24.7. The second-order valence-corrected chi connectivity index (χ2v) is 7.84. The summed E-state index contributed by atoms with van der Waals surface area (Å²) in [6.07, 6.45) is 3.85. The van der Waals surface area contributed by atoms with E-state index in [-0.39, 0.29) is 11.5 Å². The van der Waals surface area contributed by atoms with Crippen LogP contribution in [0.15, 0.2) is 61.1 Å². The van der Waals surface area contributed by atoms with Crippen molar-refractivity contribution in [1.82, 2.24) is 24.3 Å². The average Bonchev–Trinajstić information content (AvgIpc) is 3.40. The van der Waals surface area contributed by atoms with Gasteiger partial charge in [0.25, 0.3) is 5.69 Å². The normalized spacial score (nSPS) is 11.0. The number of benzene rings is 2. The Morgan fingerprint density at radius 2 is 1.86 bits per heavy atom. The van der Waals surface area contributed by atoms with E-state index in [1.165, 1.54) is 18.5 Å². The second kappa shape index (κ2) is 8.37. The second-order valence-electron chi connectivity index (χ2n) is 7.84. The molecular weight excluding hydrogens is 450 g/mol. The van der Waals surface area contributed by atoms with Crippen LogP contribution in [-0.4, -0.2) is 35.5 Å². The van der Waals surface area contributed by atoms with Crippen LogP contribution < -0.4 is 10.5 Å². The van der Waals surface area contributed by atoms with E-state index in [0.717, 1.165) is 6.29 Å². The van der Waals surface area contributed by atoms with Crippen LogP contribution in [0.3, 0.4) is 0 Å². The predicted octanol–water partition coefficient (Wildman–Crippen LogP) is 4.13. The number of nitrogen functional groups attached to an aromatic ring is 1. The van der Waals surface area contributed by atoms with Gasteiger partial charge in [-0.05, 0) is 41.5 Å². The molecule has 11 nitrogen and oxygen atoms in total. The number of rotatable bonds is 6. The van der Waals surface area contributed by atoms with Gasteiger partial charge in [-0.2, -0.15) is 0 Å². The van der Waals surface area contributed by atoms with E-state index in [0.29, 0.717) is 50.6 Å². The molecule has 11 heteroatoms. The van der Waals surface area contributed by atoms with Gasteiger partial charge >= 0.3 is 0 Å². The third-order valence-corrected chi connectivity index (χ3v) is 5.68. The minimum atomic E-state index is -0.458. The standard InChI is InChI=1S/C24H19N7O4/c1-29-10-9-19(28-29)35-17-7-8-18(15(11-17)12-32)20-21-23(25)26-13-27-24(21)30(2)22(20)14-3-5-16(6-4-14)31(33)34/h3-13H,1-2H3,(H2,25,26,27). The van der Waals surface area contributed by atoms with Crippen LogP contribution in [0.1, 0.15) is 10.4 Å². The van der Waals surface area contributed by atoms with Gasteiger partial charge in [0.2, 0.25) is 5.88 Å². The SMILES string of the molecule is Cn1ccc(Oc2ccc(-c3c(-c4ccc([N+](=O)[O-])cc4)n(C)c4ncnc(N)c34)c(C=O)c2)n1. The number of nitrogens with two attached hydrogens (primary N) is 1. The van der Waals surface area contributed by atoms with Gasteiger partial charge in [-0.15, -0.1) is 5.10 Å². The Bertz CT molecular complexity index is 1600. The molecule has 0 atom stereocenters. The van der Waals surface area contributed by atoms with E-state index < -0.39 is 4.92 Å². The smallest absolute Gasteiger partial charge is 0.269 e. The van der Waals surface area contributed by atoms with E-state index >= 15 is 0 Å².